The standard InChI is InChI=1S/C15H22N4O/c1-18-14(7-9-16-18)15(20)11-12-8-10-19(17-12)13-5-3-2-4-6-13/h7-10,13,15,20H,2-6,11H2,1H3. The lowest BCUT2D eigenvalue weighted by Crippen LogP contribution is -2.14. The van der Waals surface area contributed by atoms with Crippen LogP contribution in [0.1, 0.15) is 55.6 Å². The molecule has 1 aliphatic rings. The van der Waals surface area contributed by atoms with E-state index >= 15 is 0 Å². The second-order valence-corrected chi connectivity index (χ2v) is 5.68. The number of hydrogen-bond acceptors (Lipinski definition) is 3. The van der Waals surface area contributed by atoms with Crippen molar-refractivity contribution in [3.8, 4) is 0 Å². The highest BCUT2D eigenvalue weighted by Gasteiger charge is 2.18. The Labute approximate surface area is 119 Å². The average molecular weight is 274 g/mol. The second kappa shape index (κ2) is 5.79. The molecule has 3 rings (SSSR count). The quantitative estimate of drug-likeness (QED) is 0.931. The molecule has 2 aromatic heterocycles. The van der Waals surface area contributed by atoms with E-state index in [0.717, 1.165) is 11.4 Å². The van der Waals surface area contributed by atoms with E-state index in [2.05, 4.69) is 21.1 Å². The van der Waals surface area contributed by atoms with Gasteiger partial charge in [0, 0.05) is 25.9 Å². The van der Waals surface area contributed by atoms with Crippen molar-refractivity contribution in [3.05, 3.63) is 35.9 Å². The first-order chi connectivity index (χ1) is 9.74. The fraction of sp³-hybridized carbons (Fsp3) is 0.600. The minimum absolute atomic E-state index is 0.541. The van der Waals surface area contributed by atoms with Gasteiger partial charge >= 0.3 is 0 Å². The summed E-state index contributed by atoms with van der Waals surface area (Å²) in [6, 6.07) is 4.42. The van der Waals surface area contributed by atoms with E-state index in [1.54, 1.807) is 10.9 Å². The van der Waals surface area contributed by atoms with Crippen LogP contribution in [0.5, 0.6) is 0 Å². The van der Waals surface area contributed by atoms with E-state index in [1.165, 1.54) is 32.1 Å². The minimum atomic E-state index is -0.544. The lowest BCUT2D eigenvalue weighted by molar-refractivity contribution is 0.167. The molecule has 0 radical (unpaired) electrons. The molecule has 1 unspecified atom stereocenters. The van der Waals surface area contributed by atoms with Gasteiger partial charge < -0.3 is 5.11 Å². The molecule has 2 aromatic rings. The molecule has 1 aliphatic carbocycles. The first-order valence-electron chi connectivity index (χ1n) is 7.44. The predicted molar refractivity (Wildman–Crippen MR) is 76.2 cm³/mol. The van der Waals surface area contributed by atoms with Crippen LogP contribution in [0.25, 0.3) is 0 Å². The van der Waals surface area contributed by atoms with Gasteiger partial charge in [-0.1, -0.05) is 19.3 Å². The number of rotatable bonds is 4. The molecule has 2 heterocycles. The van der Waals surface area contributed by atoms with Crippen molar-refractivity contribution < 1.29 is 5.11 Å². The Morgan fingerprint density at radius 3 is 2.80 bits per heavy atom. The Morgan fingerprint density at radius 2 is 2.10 bits per heavy atom. The number of aliphatic hydroxyl groups excluding tert-OH is 1. The maximum absolute atomic E-state index is 10.3. The molecular formula is C15H22N4O. The van der Waals surface area contributed by atoms with Gasteiger partial charge in [0.2, 0.25) is 0 Å². The summed E-state index contributed by atoms with van der Waals surface area (Å²) in [6.45, 7) is 0. The number of nitrogens with zero attached hydrogens (tertiary/aromatic N) is 4. The zero-order valence-electron chi connectivity index (χ0n) is 11.9. The fourth-order valence-corrected chi connectivity index (χ4v) is 3.05. The summed E-state index contributed by atoms with van der Waals surface area (Å²) in [5.41, 5.74) is 1.78. The Hall–Kier alpha value is -1.62. The zero-order valence-corrected chi connectivity index (χ0v) is 11.9. The number of aliphatic hydroxyl groups is 1. The van der Waals surface area contributed by atoms with Gasteiger partial charge in [0.1, 0.15) is 6.10 Å². The van der Waals surface area contributed by atoms with Crippen LogP contribution in [0.2, 0.25) is 0 Å². The maximum Gasteiger partial charge on any atom is 0.101 e. The number of hydrogen-bond donors (Lipinski definition) is 1. The smallest absolute Gasteiger partial charge is 0.101 e. The molecule has 5 nitrogen and oxygen atoms in total. The molecule has 0 aliphatic heterocycles. The maximum atomic E-state index is 10.3. The Bertz CT molecular complexity index is 554. The summed E-state index contributed by atoms with van der Waals surface area (Å²) in [7, 11) is 1.85. The monoisotopic (exact) mass is 274 g/mol. The Kier molecular flexibility index (Phi) is 3.87. The summed E-state index contributed by atoms with van der Waals surface area (Å²) in [6.07, 6.45) is 10.2. The molecule has 0 spiro atoms. The average Bonchev–Trinajstić information content (AvgIpc) is 3.09. The van der Waals surface area contributed by atoms with Crippen LogP contribution in [0.3, 0.4) is 0 Å². The highest BCUT2D eigenvalue weighted by atomic mass is 16.3. The molecule has 0 aromatic carbocycles. The highest BCUT2D eigenvalue weighted by molar-refractivity contribution is 5.09. The molecule has 5 heteroatoms. The molecule has 1 saturated carbocycles. The molecule has 1 fully saturated rings. The molecule has 1 N–H and O–H groups in total. The van der Waals surface area contributed by atoms with Crippen LogP contribution in [0, 0.1) is 0 Å². The SMILES string of the molecule is Cn1nccc1C(O)Cc1ccn(C2CCCCC2)n1. The molecule has 0 amide bonds. The molecule has 108 valence electrons. The molecule has 0 saturated heterocycles. The zero-order chi connectivity index (χ0) is 13.9. The van der Waals surface area contributed by atoms with Crippen LogP contribution in [-0.2, 0) is 13.5 Å². The fourth-order valence-electron chi connectivity index (χ4n) is 3.05. The lowest BCUT2D eigenvalue weighted by Gasteiger charge is -2.21. The van der Waals surface area contributed by atoms with Crippen LogP contribution < -0.4 is 0 Å². The van der Waals surface area contributed by atoms with E-state index in [-0.39, 0.29) is 0 Å². The van der Waals surface area contributed by atoms with E-state index in [0.29, 0.717) is 12.5 Å². The van der Waals surface area contributed by atoms with Gasteiger partial charge in [-0.3, -0.25) is 9.36 Å². The van der Waals surface area contributed by atoms with E-state index < -0.39 is 6.10 Å². The van der Waals surface area contributed by atoms with Crippen molar-refractivity contribution >= 4 is 0 Å². The number of aromatic nitrogens is 4. The van der Waals surface area contributed by atoms with Crippen molar-refractivity contribution in [3.63, 3.8) is 0 Å². The topological polar surface area (TPSA) is 55.9 Å². The predicted octanol–water partition coefficient (Wildman–Crippen LogP) is 2.40. The van der Waals surface area contributed by atoms with Crippen molar-refractivity contribution in [1.29, 1.82) is 0 Å². The van der Waals surface area contributed by atoms with E-state index in [1.807, 2.05) is 19.2 Å². The van der Waals surface area contributed by atoms with Crippen LogP contribution in [-0.4, -0.2) is 24.7 Å². The van der Waals surface area contributed by atoms with Crippen LogP contribution >= 0.6 is 0 Å². The first kappa shape index (κ1) is 13.4. The summed E-state index contributed by atoms with van der Waals surface area (Å²) in [5.74, 6) is 0. The number of aryl methyl sites for hydroxylation is 1. The molecular weight excluding hydrogens is 252 g/mol. The first-order valence-corrected chi connectivity index (χ1v) is 7.44. The van der Waals surface area contributed by atoms with Gasteiger partial charge in [-0.15, -0.1) is 0 Å². The van der Waals surface area contributed by atoms with E-state index in [4.69, 9.17) is 0 Å². The van der Waals surface area contributed by atoms with Gasteiger partial charge in [0.25, 0.3) is 0 Å². The third kappa shape index (κ3) is 2.77. The third-order valence-electron chi connectivity index (χ3n) is 4.22. The summed E-state index contributed by atoms with van der Waals surface area (Å²) in [5, 5.41) is 19.0. The van der Waals surface area contributed by atoms with Gasteiger partial charge in [-0.05, 0) is 25.0 Å². The molecule has 0 bridgehead atoms. The lowest BCUT2D eigenvalue weighted by atomic mass is 9.96. The van der Waals surface area contributed by atoms with Gasteiger partial charge in [0.15, 0.2) is 0 Å². The third-order valence-corrected chi connectivity index (χ3v) is 4.22. The van der Waals surface area contributed by atoms with Crippen molar-refractivity contribution in [1.82, 2.24) is 19.6 Å². The summed E-state index contributed by atoms with van der Waals surface area (Å²) >= 11 is 0. The summed E-state index contributed by atoms with van der Waals surface area (Å²) in [4.78, 5) is 0. The Morgan fingerprint density at radius 1 is 1.30 bits per heavy atom. The van der Waals surface area contributed by atoms with Gasteiger partial charge in [-0.25, -0.2) is 0 Å². The second-order valence-electron chi connectivity index (χ2n) is 5.68. The van der Waals surface area contributed by atoms with Gasteiger partial charge in [0.05, 0.1) is 17.4 Å². The van der Waals surface area contributed by atoms with Crippen LogP contribution in [0.4, 0.5) is 0 Å². The molecule has 1 atom stereocenters. The van der Waals surface area contributed by atoms with Crippen LogP contribution in [0.15, 0.2) is 24.5 Å². The summed E-state index contributed by atoms with van der Waals surface area (Å²) < 4.78 is 3.80. The van der Waals surface area contributed by atoms with Crippen molar-refractivity contribution in [2.24, 2.45) is 7.05 Å². The van der Waals surface area contributed by atoms with Crippen molar-refractivity contribution in [2.45, 2.75) is 50.7 Å². The normalized spacial score (nSPS) is 18.3. The minimum Gasteiger partial charge on any atom is -0.386 e. The Balaban J connectivity index is 1.66. The highest BCUT2D eigenvalue weighted by Crippen LogP contribution is 2.27. The van der Waals surface area contributed by atoms with Crippen molar-refractivity contribution in [2.75, 3.05) is 0 Å². The molecule has 20 heavy (non-hydrogen) atoms. The van der Waals surface area contributed by atoms with Gasteiger partial charge in [-0.2, -0.15) is 10.2 Å². The van der Waals surface area contributed by atoms with E-state index in [9.17, 15) is 5.11 Å². The largest absolute Gasteiger partial charge is 0.386 e.